The third-order valence-corrected chi connectivity index (χ3v) is 7.84. The topological polar surface area (TPSA) is 96.0 Å². The second-order valence-electron chi connectivity index (χ2n) is 9.91. The molecule has 1 N–H and O–H groups in total. The number of rotatable bonds is 7. The average molecular weight is 470 g/mol. The molecule has 3 amide bonds. The molecular formula is C26H35N3O5. The molecule has 1 aliphatic carbocycles. The van der Waals surface area contributed by atoms with Gasteiger partial charge in [-0.25, -0.2) is 0 Å². The number of benzene rings is 1. The molecular weight excluding hydrogens is 434 g/mol. The molecule has 184 valence electrons. The lowest BCUT2D eigenvalue weighted by Crippen LogP contribution is -2.56. The highest BCUT2D eigenvalue weighted by molar-refractivity contribution is 6.09. The van der Waals surface area contributed by atoms with Gasteiger partial charge in [0.15, 0.2) is 0 Å². The van der Waals surface area contributed by atoms with Gasteiger partial charge in [0.25, 0.3) is 0 Å². The van der Waals surface area contributed by atoms with Crippen LogP contribution in [0.3, 0.4) is 0 Å². The lowest BCUT2D eigenvalue weighted by molar-refractivity contribution is -0.153. The number of carbonyl (C=O) groups is 4. The van der Waals surface area contributed by atoms with Gasteiger partial charge in [-0.15, -0.1) is 0 Å². The second kappa shape index (κ2) is 9.86. The van der Waals surface area contributed by atoms with Gasteiger partial charge in [0, 0.05) is 25.0 Å². The number of likely N-dealkylation sites (N-methyl/N-ethyl adjacent to an activating group) is 1. The van der Waals surface area contributed by atoms with E-state index >= 15 is 0 Å². The molecule has 1 saturated carbocycles. The first-order chi connectivity index (χ1) is 16.3. The summed E-state index contributed by atoms with van der Waals surface area (Å²) in [6.45, 7) is 4.50. The van der Waals surface area contributed by atoms with Crippen LogP contribution in [0.25, 0.3) is 0 Å². The number of esters is 1. The van der Waals surface area contributed by atoms with Crippen molar-refractivity contribution in [3.8, 4) is 0 Å². The van der Waals surface area contributed by atoms with Crippen LogP contribution in [0.1, 0.15) is 51.5 Å². The summed E-state index contributed by atoms with van der Waals surface area (Å²) >= 11 is 0. The van der Waals surface area contributed by atoms with E-state index < -0.39 is 29.4 Å². The fraction of sp³-hybridized carbons (Fsp3) is 0.615. The van der Waals surface area contributed by atoms with Crippen LogP contribution in [0.15, 0.2) is 30.3 Å². The Balaban J connectivity index is 1.60. The highest BCUT2D eigenvalue weighted by atomic mass is 16.5. The van der Waals surface area contributed by atoms with Crippen LogP contribution >= 0.6 is 0 Å². The molecule has 0 aromatic heterocycles. The third kappa shape index (κ3) is 4.24. The van der Waals surface area contributed by atoms with Gasteiger partial charge < -0.3 is 9.64 Å². The molecule has 8 heteroatoms. The maximum atomic E-state index is 13.6. The minimum Gasteiger partial charge on any atom is -0.468 e. The standard InChI is InChI=1S/C26H35N3O5/c1-4-28(22(30)18-13-9-6-10-14-18)16-19-20-21(26(2,27-19)25(33)34-3)24(32)29(23(20)31)15-17-11-7-5-8-12-17/h5,7-8,11-12,18-21,27H,4,6,9-10,13-16H2,1-3H3/t19-,20+,21-,26-/m1/s1. The van der Waals surface area contributed by atoms with Gasteiger partial charge >= 0.3 is 5.97 Å². The number of ether oxygens (including phenoxy) is 1. The van der Waals surface area contributed by atoms with Gasteiger partial charge in [0.05, 0.1) is 25.5 Å². The average Bonchev–Trinajstić information content (AvgIpc) is 3.30. The predicted octanol–water partition coefficient (Wildman–Crippen LogP) is 2.12. The summed E-state index contributed by atoms with van der Waals surface area (Å²) < 4.78 is 5.04. The largest absolute Gasteiger partial charge is 0.468 e. The van der Waals surface area contributed by atoms with E-state index in [1.807, 2.05) is 37.3 Å². The zero-order valence-corrected chi connectivity index (χ0v) is 20.3. The predicted molar refractivity (Wildman–Crippen MR) is 125 cm³/mol. The Kier molecular flexibility index (Phi) is 7.07. The minimum absolute atomic E-state index is 0.00776. The Labute approximate surface area is 201 Å². The van der Waals surface area contributed by atoms with Crippen molar-refractivity contribution in [3.05, 3.63) is 35.9 Å². The van der Waals surface area contributed by atoms with Crippen LogP contribution in [-0.2, 0) is 30.5 Å². The lowest BCUT2D eigenvalue weighted by atomic mass is 9.81. The van der Waals surface area contributed by atoms with Gasteiger partial charge in [-0.05, 0) is 32.3 Å². The van der Waals surface area contributed by atoms with Gasteiger partial charge in [0.1, 0.15) is 5.54 Å². The number of imide groups is 1. The van der Waals surface area contributed by atoms with Crippen molar-refractivity contribution < 1.29 is 23.9 Å². The molecule has 0 unspecified atom stereocenters. The third-order valence-electron chi connectivity index (χ3n) is 7.84. The molecule has 2 heterocycles. The molecule has 0 bridgehead atoms. The molecule has 34 heavy (non-hydrogen) atoms. The van der Waals surface area contributed by atoms with Crippen molar-refractivity contribution in [2.24, 2.45) is 17.8 Å². The zero-order chi connectivity index (χ0) is 24.5. The Bertz CT molecular complexity index is 945. The second-order valence-corrected chi connectivity index (χ2v) is 9.91. The Morgan fingerprint density at radius 2 is 1.79 bits per heavy atom. The molecule has 0 spiro atoms. The Morgan fingerprint density at radius 1 is 1.12 bits per heavy atom. The number of nitrogens with one attached hydrogen (secondary N) is 1. The molecule has 2 saturated heterocycles. The van der Waals surface area contributed by atoms with Crippen molar-refractivity contribution in [1.82, 2.24) is 15.1 Å². The van der Waals surface area contributed by atoms with Gasteiger partial charge in [0.2, 0.25) is 17.7 Å². The first kappa shape index (κ1) is 24.4. The number of amides is 3. The molecule has 1 aromatic carbocycles. The Morgan fingerprint density at radius 3 is 2.41 bits per heavy atom. The monoisotopic (exact) mass is 469 g/mol. The highest BCUT2D eigenvalue weighted by Gasteiger charge is 2.66. The van der Waals surface area contributed by atoms with E-state index in [9.17, 15) is 19.2 Å². The summed E-state index contributed by atoms with van der Waals surface area (Å²) in [5.74, 6) is -2.74. The number of hydrogen-bond donors (Lipinski definition) is 1. The van der Waals surface area contributed by atoms with E-state index in [-0.39, 0.29) is 36.7 Å². The molecule has 4 rings (SSSR count). The van der Waals surface area contributed by atoms with Crippen molar-refractivity contribution in [2.75, 3.05) is 20.2 Å². The number of carbonyl (C=O) groups excluding carboxylic acids is 4. The smallest absolute Gasteiger partial charge is 0.326 e. The number of likely N-dealkylation sites (tertiary alicyclic amines) is 1. The fourth-order valence-corrected chi connectivity index (χ4v) is 6.03. The minimum atomic E-state index is -1.34. The maximum Gasteiger partial charge on any atom is 0.326 e. The van der Waals surface area contributed by atoms with Crippen LogP contribution in [0.5, 0.6) is 0 Å². The van der Waals surface area contributed by atoms with Crippen LogP contribution in [0.4, 0.5) is 0 Å². The number of fused-ring (bicyclic) bond motifs is 1. The van der Waals surface area contributed by atoms with Crippen molar-refractivity contribution in [1.29, 1.82) is 0 Å². The number of nitrogens with zero attached hydrogens (tertiary/aromatic N) is 2. The summed E-state index contributed by atoms with van der Waals surface area (Å²) in [6, 6.07) is 8.82. The highest BCUT2D eigenvalue weighted by Crippen LogP contribution is 2.44. The van der Waals surface area contributed by atoms with E-state index in [2.05, 4.69) is 5.32 Å². The van der Waals surface area contributed by atoms with E-state index in [0.29, 0.717) is 6.54 Å². The molecule has 1 aromatic rings. The van der Waals surface area contributed by atoms with E-state index in [1.165, 1.54) is 12.0 Å². The Hall–Kier alpha value is -2.74. The molecule has 8 nitrogen and oxygen atoms in total. The van der Waals surface area contributed by atoms with Crippen LogP contribution in [-0.4, -0.2) is 65.3 Å². The van der Waals surface area contributed by atoms with Gasteiger partial charge in [-0.2, -0.15) is 0 Å². The van der Waals surface area contributed by atoms with Crippen LogP contribution in [0, 0.1) is 17.8 Å². The fourth-order valence-electron chi connectivity index (χ4n) is 6.03. The number of hydrogen-bond acceptors (Lipinski definition) is 6. The van der Waals surface area contributed by atoms with E-state index in [0.717, 1.165) is 37.7 Å². The van der Waals surface area contributed by atoms with Crippen LogP contribution < -0.4 is 5.32 Å². The first-order valence-corrected chi connectivity index (χ1v) is 12.4. The summed E-state index contributed by atoms with van der Waals surface area (Å²) in [6.07, 6.45) is 5.06. The normalized spacial score (nSPS) is 29.3. The molecule has 3 aliphatic rings. The van der Waals surface area contributed by atoms with Crippen molar-refractivity contribution in [2.45, 2.75) is 64.1 Å². The van der Waals surface area contributed by atoms with E-state index in [4.69, 9.17) is 4.74 Å². The van der Waals surface area contributed by atoms with Crippen LogP contribution in [0.2, 0.25) is 0 Å². The molecule has 3 fully saturated rings. The van der Waals surface area contributed by atoms with E-state index in [1.54, 1.807) is 11.8 Å². The summed E-state index contributed by atoms with van der Waals surface area (Å²) in [5.41, 5.74) is -0.494. The molecule has 4 atom stereocenters. The molecule has 0 radical (unpaired) electrons. The summed E-state index contributed by atoms with van der Waals surface area (Å²) in [7, 11) is 1.28. The summed E-state index contributed by atoms with van der Waals surface area (Å²) in [5, 5.41) is 3.25. The lowest BCUT2D eigenvalue weighted by Gasteiger charge is -2.33. The first-order valence-electron chi connectivity index (χ1n) is 12.4. The van der Waals surface area contributed by atoms with Crippen molar-refractivity contribution in [3.63, 3.8) is 0 Å². The molecule has 2 aliphatic heterocycles. The SMILES string of the molecule is CCN(C[C@H]1N[C@@](C)(C(=O)OC)[C@H]2C(=O)N(Cc3ccccc3)C(=O)[C@@H]12)C(=O)C1CCCCC1. The quantitative estimate of drug-likeness (QED) is 0.486. The summed E-state index contributed by atoms with van der Waals surface area (Å²) in [4.78, 5) is 56.2. The zero-order valence-electron chi connectivity index (χ0n) is 20.3. The number of methoxy groups -OCH3 is 1. The van der Waals surface area contributed by atoms with Crippen molar-refractivity contribution >= 4 is 23.7 Å². The maximum absolute atomic E-state index is 13.6. The van der Waals surface area contributed by atoms with Gasteiger partial charge in [-0.1, -0.05) is 49.6 Å². The van der Waals surface area contributed by atoms with Gasteiger partial charge in [-0.3, -0.25) is 29.4 Å².